The normalized spacial score (nSPS) is 21.1. The van der Waals surface area contributed by atoms with Crippen LogP contribution in [-0.2, 0) is 0 Å². The Hall–Kier alpha value is -1.58. The summed E-state index contributed by atoms with van der Waals surface area (Å²) in [6.07, 6.45) is 4.38. The van der Waals surface area contributed by atoms with E-state index in [1.807, 2.05) is 13.0 Å². The van der Waals surface area contributed by atoms with Crippen molar-refractivity contribution in [3.8, 4) is 0 Å². The van der Waals surface area contributed by atoms with E-state index in [-0.39, 0.29) is 0 Å². The van der Waals surface area contributed by atoms with Crippen LogP contribution < -0.4 is 11.2 Å². The van der Waals surface area contributed by atoms with Crippen LogP contribution in [0.15, 0.2) is 33.3 Å². The van der Waals surface area contributed by atoms with Crippen LogP contribution in [0.25, 0.3) is 0 Å². The first-order chi connectivity index (χ1) is 5.77. The highest BCUT2D eigenvalue weighted by molar-refractivity contribution is 6.00. The summed E-state index contributed by atoms with van der Waals surface area (Å²) in [6, 6.07) is 0. The highest BCUT2D eigenvalue weighted by atomic mass is 15.3. The number of rotatable bonds is 0. The molecule has 0 aromatic rings. The van der Waals surface area contributed by atoms with Crippen molar-refractivity contribution < 1.29 is 0 Å². The first-order valence-electron chi connectivity index (χ1n) is 3.80. The molecule has 2 aliphatic heterocycles. The van der Waals surface area contributed by atoms with Crippen LogP contribution in [-0.4, -0.2) is 11.9 Å². The topological polar surface area (TPSA) is 62.8 Å². The Morgan fingerprint density at radius 3 is 3.25 bits per heavy atom. The maximum atomic E-state index is 5.72. The Labute approximate surface area is 70.6 Å². The molecule has 2 heterocycles. The third-order valence-corrected chi connectivity index (χ3v) is 1.97. The molecule has 0 spiro atoms. The molecule has 4 nitrogen and oxygen atoms in total. The molecule has 4 heteroatoms. The van der Waals surface area contributed by atoms with E-state index >= 15 is 0 Å². The van der Waals surface area contributed by atoms with Gasteiger partial charge in [0.05, 0.1) is 5.71 Å². The molecule has 0 radical (unpaired) electrons. The number of hydrazone groups is 1. The minimum Gasteiger partial charge on any atom is -0.383 e. The van der Waals surface area contributed by atoms with Gasteiger partial charge in [-0.3, -0.25) is 5.43 Å². The lowest BCUT2D eigenvalue weighted by atomic mass is 10.1. The van der Waals surface area contributed by atoms with E-state index in [2.05, 4.69) is 15.5 Å². The maximum absolute atomic E-state index is 5.72. The molecule has 2 rings (SSSR count). The van der Waals surface area contributed by atoms with Gasteiger partial charge in [-0.15, -0.1) is 0 Å². The van der Waals surface area contributed by atoms with E-state index in [1.165, 1.54) is 0 Å². The van der Waals surface area contributed by atoms with Crippen molar-refractivity contribution in [1.82, 2.24) is 5.43 Å². The number of nitrogens with two attached hydrogens (primary N) is 1. The Kier molecular flexibility index (Phi) is 1.46. The minimum atomic E-state index is 0.573. The zero-order valence-electron chi connectivity index (χ0n) is 6.83. The zero-order valence-corrected chi connectivity index (χ0v) is 6.83. The third-order valence-electron chi connectivity index (χ3n) is 1.97. The van der Waals surface area contributed by atoms with Gasteiger partial charge in [-0.05, 0) is 13.0 Å². The minimum absolute atomic E-state index is 0.573. The molecule has 0 aliphatic carbocycles. The van der Waals surface area contributed by atoms with Gasteiger partial charge in [-0.2, -0.15) is 5.10 Å². The highest BCUT2D eigenvalue weighted by Gasteiger charge is 2.15. The molecule has 2 aliphatic rings. The fourth-order valence-electron chi connectivity index (χ4n) is 1.24. The van der Waals surface area contributed by atoms with Crippen molar-refractivity contribution >= 4 is 11.9 Å². The predicted molar refractivity (Wildman–Crippen MR) is 48.7 cm³/mol. The Morgan fingerprint density at radius 1 is 1.58 bits per heavy atom. The SMILES string of the molecule is CC1=NNC2=CC=NC(N)=C1C2. The lowest BCUT2D eigenvalue weighted by Gasteiger charge is -2.15. The van der Waals surface area contributed by atoms with E-state index in [0.717, 1.165) is 23.4 Å². The number of nitrogens with zero attached hydrogens (tertiary/aromatic N) is 2. The van der Waals surface area contributed by atoms with Gasteiger partial charge in [0.2, 0.25) is 0 Å². The lowest BCUT2D eigenvalue weighted by Crippen LogP contribution is -2.19. The van der Waals surface area contributed by atoms with Gasteiger partial charge >= 0.3 is 0 Å². The number of hydrogen-bond donors (Lipinski definition) is 2. The number of hydrogen-bond acceptors (Lipinski definition) is 4. The second-order valence-electron chi connectivity index (χ2n) is 2.82. The molecule has 0 unspecified atom stereocenters. The molecule has 2 bridgehead atoms. The summed E-state index contributed by atoms with van der Waals surface area (Å²) in [5, 5.41) is 4.11. The zero-order chi connectivity index (χ0) is 8.55. The smallest absolute Gasteiger partial charge is 0.128 e. The van der Waals surface area contributed by atoms with Crippen LogP contribution >= 0.6 is 0 Å². The quantitative estimate of drug-likeness (QED) is 0.544. The number of allylic oxidation sites excluding steroid dienone is 2. The van der Waals surface area contributed by atoms with Crippen molar-refractivity contribution in [2.45, 2.75) is 13.3 Å². The summed E-state index contributed by atoms with van der Waals surface area (Å²) in [6.45, 7) is 1.92. The molecule has 0 saturated heterocycles. The van der Waals surface area contributed by atoms with E-state index < -0.39 is 0 Å². The Bertz CT molecular complexity index is 333. The first-order valence-corrected chi connectivity index (χ1v) is 3.80. The van der Waals surface area contributed by atoms with Crippen LogP contribution in [0.4, 0.5) is 0 Å². The van der Waals surface area contributed by atoms with E-state index in [0.29, 0.717) is 5.82 Å². The van der Waals surface area contributed by atoms with Crippen molar-refractivity contribution in [2.24, 2.45) is 15.8 Å². The summed E-state index contributed by atoms with van der Waals surface area (Å²) in [5.41, 5.74) is 11.6. The van der Waals surface area contributed by atoms with Gasteiger partial charge in [-0.25, -0.2) is 4.99 Å². The maximum Gasteiger partial charge on any atom is 0.128 e. The van der Waals surface area contributed by atoms with Crippen molar-refractivity contribution in [3.05, 3.63) is 23.2 Å². The second-order valence-corrected chi connectivity index (χ2v) is 2.82. The van der Waals surface area contributed by atoms with E-state index in [4.69, 9.17) is 5.73 Å². The van der Waals surface area contributed by atoms with Gasteiger partial charge in [0.15, 0.2) is 0 Å². The Morgan fingerprint density at radius 2 is 2.42 bits per heavy atom. The van der Waals surface area contributed by atoms with Crippen LogP contribution in [0.2, 0.25) is 0 Å². The van der Waals surface area contributed by atoms with Crippen molar-refractivity contribution in [1.29, 1.82) is 0 Å². The molecule has 0 fully saturated rings. The molecule has 12 heavy (non-hydrogen) atoms. The van der Waals surface area contributed by atoms with Crippen LogP contribution in [0.1, 0.15) is 13.3 Å². The fraction of sp³-hybridized carbons (Fsp3) is 0.250. The summed E-state index contributed by atoms with van der Waals surface area (Å²) in [5.74, 6) is 0.573. The van der Waals surface area contributed by atoms with Gasteiger partial charge in [0.25, 0.3) is 0 Å². The first kappa shape index (κ1) is 7.09. The van der Waals surface area contributed by atoms with Crippen molar-refractivity contribution in [3.63, 3.8) is 0 Å². The average molecular weight is 162 g/mol. The molecule has 3 N–H and O–H groups in total. The third kappa shape index (κ3) is 1.01. The lowest BCUT2D eigenvalue weighted by molar-refractivity contribution is 0.817. The molecule has 0 atom stereocenters. The molecule has 0 aromatic carbocycles. The van der Waals surface area contributed by atoms with Crippen LogP contribution in [0.5, 0.6) is 0 Å². The van der Waals surface area contributed by atoms with Gasteiger partial charge in [-0.1, -0.05) is 0 Å². The van der Waals surface area contributed by atoms with Crippen LogP contribution in [0.3, 0.4) is 0 Å². The summed E-state index contributed by atoms with van der Waals surface area (Å²) in [7, 11) is 0. The van der Waals surface area contributed by atoms with Crippen molar-refractivity contribution in [2.75, 3.05) is 0 Å². The summed E-state index contributed by atoms with van der Waals surface area (Å²) >= 11 is 0. The van der Waals surface area contributed by atoms with Gasteiger partial charge < -0.3 is 5.73 Å². The molecular formula is C8H10N4. The van der Waals surface area contributed by atoms with Gasteiger partial charge in [0, 0.05) is 23.9 Å². The fourth-order valence-corrected chi connectivity index (χ4v) is 1.24. The number of nitrogens with one attached hydrogen (secondary N) is 1. The molecular weight excluding hydrogens is 152 g/mol. The second kappa shape index (κ2) is 2.48. The Balaban J connectivity index is 2.54. The van der Waals surface area contributed by atoms with Gasteiger partial charge in [0.1, 0.15) is 5.82 Å². The highest BCUT2D eigenvalue weighted by Crippen LogP contribution is 2.19. The number of aliphatic imine (C=N–C) groups is 1. The average Bonchev–Trinajstić information content (AvgIpc) is 2.21. The largest absolute Gasteiger partial charge is 0.383 e. The molecule has 0 aromatic heterocycles. The monoisotopic (exact) mass is 162 g/mol. The van der Waals surface area contributed by atoms with Crippen LogP contribution in [0, 0.1) is 0 Å². The number of fused-ring (bicyclic) bond motifs is 2. The standard InChI is InChI=1S/C8H10N4/c1-5-7-4-6(12-11-5)2-3-10-8(7)9/h2-3,12H,4,9H2,1H3. The predicted octanol–water partition coefficient (Wildman–Crippen LogP) is 0.494. The van der Waals surface area contributed by atoms with E-state index in [9.17, 15) is 0 Å². The molecule has 0 amide bonds. The van der Waals surface area contributed by atoms with E-state index in [1.54, 1.807) is 6.21 Å². The molecule has 0 saturated carbocycles. The summed E-state index contributed by atoms with van der Waals surface area (Å²) in [4.78, 5) is 4.05. The summed E-state index contributed by atoms with van der Waals surface area (Å²) < 4.78 is 0. The molecule has 62 valence electrons.